The van der Waals surface area contributed by atoms with Gasteiger partial charge in [0, 0.05) is 36.5 Å². The number of aromatic amines is 1. The Balaban J connectivity index is 1.83. The number of H-pyrrole nitrogens is 1. The van der Waals surface area contributed by atoms with Crippen LogP contribution in [0, 0.1) is 0 Å². The van der Waals surface area contributed by atoms with Gasteiger partial charge in [0.1, 0.15) is 11.6 Å². The molecule has 0 amide bonds. The first-order chi connectivity index (χ1) is 13.1. The maximum atomic E-state index is 9.61. The molecule has 0 saturated heterocycles. The second kappa shape index (κ2) is 7.00. The molecule has 0 aliphatic rings. The van der Waals surface area contributed by atoms with E-state index in [4.69, 9.17) is 4.98 Å². The van der Waals surface area contributed by atoms with Crippen molar-refractivity contribution in [3.63, 3.8) is 0 Å². The molecule has 134 valence electrons. The molecule has 4 aromatic rings. The number of imidazole rings is 1. The zero-order valence-corrected chi connectivity index (χ0v) is 15.3. The molecule has 1 heterocycles. The maximum absolute atomic E-state index is 9.61. The zero-order chi connectivity index (χ0) is 18.8. The Bertz CT molecular complexity index is 1030. The fourth-order valence-electron chi connectivity index (χ4n) is 3.07. The Labute approximate surface area is 158 Å². The molecule has 0 unspecified atom stereocenters. The van der Waals surface area contributed by atoms with Crippen molar-refractivity contribution in [2.45, 2.75) is 0 Å². The Morgan fingerprint density at radius 3 is 2.00 bits per heavy atom. The Hall–Kier alpha value is -3.53. The molecule has 1 aromatic heterocycles. The van der Waals surface area contributed by atoms with E-state index in [9.17, 15) is 5.11 Å². The molecular formula is C23H21N3O. The van der Waals surface area contributed by atoms with Crippen LogP contribution < -0.4 is 4.90 Å². The van der Waals surface area contributed by atoms with Gasteiger partial charge in [-0.15, -0.1) is 0 Å². The minimum atomic E-state index is 0.249. The number of phenols is 1. The van der Waals surface area contributed by atoms with E-state index in [2.05, 4.69) is 46.3 Å². The lowest BCUT2D eigenvalue weighted by molar-refractivity contribution is 0.475. The largest absolute Gasteiger partial charge is 0.508 e. The van der Waals surface area contributed by atoms with Crippen LogP contribution in [0.3, 0.4) is 0 Å². The van der Waals surface area contributed by atoms with Gasteiger partial charge in [-0.1, -0.05) is 30.3 Å². The van der Waals surface area contributed by atoms with Crippen LogP contribution in [-0.2, 0) is 0 Å². The van der Waals surface area contributed by atoms with Gasteiger partial charge >= 0.3 is 0 Å². The summed E-state index contributed by atoms with van der Waals surface area (Å²) in [5, 5.41) is 9.61. The highest BCUT2D eigenvalue weighted by Crippen LogP contribution is 2.33. The number of benzene rings is 3. The van der Waals surface area contributed by atoms with Crippen molar-refractivity contribution < 1.29 is 5.11 Å². The fraction of sp³-hybridized carbons (Fsp3) is 0.0870. The Morgan fingerprint density at radius 2 is 1.37 bits per heavy atom. The van der Waals surface area contributed by atoms with E-state index < -0.39 is 0 Å². The summed E-state index contributed by atoms with van der Waals surface area (Å²) in [6, 6.07) is 25.6. The summed E-state index contributed by atoms with van der Waals surface area (Å²) < 4.78 is 0. The van der Waals surface area contributed by atoms with Crippen LogP contribution in [0.5, 0.6) is 5.75 Å². The van der Waals surface area contributed by atoms with Crippen molar-refractivity contribution in [2.24, 2.45) is 0 Å². The van der Waals surface area contributed by atoms with E-state index in [1.54, 1.807) is 12.1 Å². The van der Waals surface area contributed by atoms with Gasteiger partial charge in [0.05, 0.1) is 11.4 Å². The molecule has 4 heteroatoms. The number of rotatable bonds is 4. The van der Waals surface area contributed by atoms with Crippen LogP contribution in [0.25, 0.3) is 33.9 Å². The Morgan fingerprint density at radius 1 is 0.741 bits per heavy atom. The Kier molecular flexibility index (Phi) is 4.38. The topological polar surface area (TPSA) is 52.1 Å². The summed E-state index contributed by atoms with van der Waals surface area (Å²) in [7, 11) is 4.05. The number of hydrogen-bond acceptors (Lipinski definition) is 3. The van der Waals surface area contributed by atoms with Gasteiger partial charge in [0.25, 0.3) is 0 Å². The van der Waals surface area contributed by atoms with Crippen LogP contribution in [0.1, 0.15) is 0 Å². The molecule has 0 spiro atoms. The van der Waals surface area contributed by atoms with Gasteiger partial charge in [0.15, 0.2) is 0 Å². The summed E-state index contributed by atoms with van der Waals surface area (Å²) in [5.41, 5.74) is 6.04. The van der Waals surface area contributed by atoms with Gasteiger partial charge in [-0.3, -0.25) is 0 Å². The average molecular weight is 355 g/mol. The molecule has 27 heavy (non-hydrogen) atoms. The third kappa shape index (κ3) is 3.42. The monoisotopic (exact) mass is 355 g/mol. The van der Waals surface area contributed by atoms with Crippen LogP contribution in [0.2, 0.25) is 0 Å². The smallest absolute Gasteiger partial charge is 0.138 e. The van der Waals surface area contributed by atoms with E-state index in [0.29, 0.717) is 0 Å². The van der Waals surface area contributed by atoms with E-state index >= 15 is 0 Å². The van der Waals surface area contributed by atoms with Gasteiger partial charge in [-0.25, -0.2) is 4.98 Å². The molecule has 0 radical (unpaired) electrons. The summed E-state index contributed by atoms with van der Waals surface area (Å²) >= 11 is 0. The second-order valence-corrected chi connectivity index (χ2v) is 6.66. The molecule has 0 aliphatic carbocycles. The quantitative estimate of drug-likeness (QED) is 0.530. The SMILES string of the molecule is CN(C)c1ccc(-c2nc(-c3ccccc3)c(-c3ccc(O)cc3)[nH]2)cc1. The standard InChI is InChI=1S/C23H21N3O/c1-26(2)19-12-8-18(9-13-19)23-24-21(16-6-4-3-5-7-16)22(25-23)17-10-14-20(27)15-11-17/h3-15,27H,1-2H3,(H,24,25). The van der Waals surface area contributed by atoms with Crippen molar-refractivity contribution in [1.82, 2.24) is 9.97 Å². The molecule has 3 aromatic carbocycles. The lowest BCUT2D eigenvalue weighted by atomic mass is 10.1. The molecule has 0 bridgehead atoms. The average Bonchev–Trinajstić information content (AvgIpc) is 3.15. The van der Waals surface area contributed by atoms with Crippen LogP contribution in [0.4, 0.5) is 5.69 Å². The maximum Gasteiger partial charge on any atom is 0.138 e. The zero-order valence-electron chi connectivity index (χ0n) is 15.3. The highest BCUT2D eigenvalue weighted by molar-refractivity contribution is 5.81. The predicted octanol–water partition coefficient (Wildman–Crippen LogP) is 5.18. The van der Waals surface area contributed by atoms with Crippen molar-refractivity contribution in [3.05, 3.63) is 78.9 Å². The number of nitrogens with zero attached hydrogens (tertiary/aromatic N) is 2. The number of aromatic nitrogens is 2. The van der Waals surface area contributed by atoms with E-state index in [-0.39, 0.29) is 5.75 Å². The van der Waals surface area contributed by atoms with Crippen LogP contribution in [0.15, 0.2) is 78.9 Å². The van der Waals surface area contributed by atoms with Gasteiger partial charge in [-0.2, -0.15) is 0 Å². The summed E-state index contributed by atoms with van der Waals surface area (Å²) in [5.74, 6) is 1.07. The lowest BCUT2D eigenvalue weighted by Crippen LogP contribution is -2.07. The van der Waals surface area contributed by atoms with Crippen LogP contribution in [-0.4, -0.2) is 29.2 Å². The fourth-order valence-corrected chi connectivity index (χ4v) is 3.07. The molecule has 2 N–H and O–H groups in total. The highest BCUT2D eigenvalue weighted by Gasteiger charge is 2.15. The molecule has 0 saturated carbocycles. The van der Waals surface area contributed by atoms with Crippen molar-refractivity contribution in [2.75, 3.05) is 19.0 Å². The van der Waals surface area contributed by atoms with Gasteiger partial charge in [-0.05, 0) is 48.5 Å². The van der Waals surface area contributed by atoms with Crippen molar-refractivity contribution in [1.29, 1.82) is 0 Å². The van der Waals surface area contributed by atoms with E-state index in [1.165, 1.54) is 0 Å². The van der Waals surface area contributed by atoms with Gasteiger partial charge < -0.3 is 15.0 Å². The highest BCUT2D eigenvalue weighted by atomic mass is 16.3. The first-order valence-corrected chi connectivity index (χ1v) is 8.84. The van der Waals surface area contributed by atoms with E-state index in [0.717, 1.165) is 39.6 Å². The summed E-state index contributed by atoms with van der Waals surface area (Å²) in [6.07, 6.45) is 0. The molecule has 4 nitrogen and oxygen atoms in total. The molecule has 0 aliphatic heterocycles. The van der Waals surface area contributed by atoms with E-state index in [1.807, 2.05) is 44.4 Å². The predicted molar refractivity (Wildman–Crippen MR) is 111 cm³/mol. The molecule has 0 fully saturated rings. The summed E-state index contributed by atoms with van der Waals surface area (Å²) in [4.78, 5) is 10.4. The minimum absolute atomic E-state index is 0.249. The second-order valence-electron chi connectivity index (χ2n) is 6.66. The molecule has 0 atom stereocenters. The first kappa shape index (κ1) is 16.9. The lowest BCUT2D eigenvalue weighted by Gasteiger charge is -2.12. The molecular weight excluding hydrogens is 334 g/mol. The van der Waals surface area contributed by atoms with Crippen molar-refractivity contribution in [3.8, 4) is 39.7 Å². The van der Waals surface area contributed by atoms with Crippen LogP contribution >= 0.6 is 0 Å². The van der Waals surface area contributed by atoms with Crippen molar-refractivity contribution >= 4 is 5.69 Å². The third-order valence-corrected chi connectivity index (χ3v) is 4.56. The summed E-state index contributed by atoms with van der Waals surface area (Å²) in [6.45, 7) is 0. The van der Waals surface area contributed by atoms with Gasteiger partial charge in [0.2, 0.25) is 0 Å². The number of phenolic OH excluding ortho intramolecular Hbond substituents is 1. The number of hydrogen-bond donors (Lipinski definition) is 2. The normalized spacial score (nSPS) is 10.7. The first-order valence-electron chi connectivity index (χ1n) is 8.84. The third-order valence-electron chi connectivity index (χ3n) is 4.56. The molecule has 4 rings (SSSR count). The number of anilines is 1. The minimum Gasteiger partial charge on any atom is -0.508 e. The number of nitrogens with one attached hydrogen (secondary N) is 1. The number of aromatic hydroxyl groups is 1.